The highest BCUT2D eigenvalue weighted by molar-refractivity contribution is 5.77. The van der Waals surface area contributed by atoms with E-state index < -0.39 is 0 Å². The number of fused-ring (bicyclic) bond motifs is 1. The van der Waals surface area contributed by atoms with E-state index in [1.165, 1.54) is 5.39 Å². The average molecular weight is 288 g/mol. The summed E-state index contributed by atoms with van der Waals surface area (Å²) in [5, 5.41) is 4.72. The number of ether oxygens (including phenoxy) is 1. The first kappa shape index (κ1) is 14.6. The number of benzene rings is 1. The summed E-state index contributed by atoms with van der Waals surface area (Å²) >= 11 is 0. The lowest BCUT2D eigenvalue weighted by Gasteiger charge is -2.26. The molecule has 1 fully saturated rings. The first-order valence-corrected chi connectivity index (χ1v) is 7.85. The molecule has 0 amide bonds. The lowest BCUT2D eigenvalue weighted by Crippen LogP contribution is -2.37. The van der Waals surface area contributed by atoms with Crippen molar-refractivity contribution in [3.63, 3.8) is 0 Å². The second kappa shape index (κ2) is 7.07. The summed E-state index contributed by atoms with van der Waals surface area (Å²) in [6, 6.07) is 10.5. The van der Waals surface area contributed by atoms with Crippen LogP contribution in [0.15, 0.2) is 34.7 Å². The highest BCUT2D eigenvalue weighted by Crippen LogP contribution is 2.23. The lowest BCUT2D eigenvalue weighted by molar-refractivity contribution is 0.0374. The van der Waals surface area contributed by atoms with Crippen LogP contribution in [0.3, 0.4) is 0 Å². The standard InChI is InChI=1S/C17H24N2O2/c1-14(17-13-15-5-2-3-6-16(15)21-17)18-7-4-8-19-9-11-20-12-10-19/h2-3,5-6,13-14,18H,4,7-12H2,1H3. The van der Waals surface area contributed by atoms with E-state index in [-0.39, 0.29) is 6.04 Å². The van der Waals surface area contributed by atoms with Crippen molar-refractivity contribution < 1.29 is 9.15 Å². The summed E-state index contributed by atoms with van der Waals surface area (Å²) in [5.74, 6) is 1.02. The molecular weight excluding hydrogens is 264 g/mol. The van der Waals surface area contributed by atoms with E-state index in [1.807, 2.05) is 18.2 Å². The Morgan fingerprint density at radius 1 is 1.24 bits per heavy atom. The minimum Gasteiger partial charge on any atom is -0.459 e. The van der Waals surface area contributed by atoms with Gasteiger partial charge in [0, 0.05) is 18.5 Å². The van der Waals surface area contributed by atoms with Gasteiger partial charge >= 0.3 is 0 Å². The predicted molar refractivity (Wildman–Crippen MR) is 84.5 cm³/mol. The van der Waals surface area contributed by atoms with Gasteiger partial charge in [0.2, 0.25) is 0 Å². The van der Waals surface area contributed by atoms with Gasteiger partial charge in [-0.05, 0) is 38.6 Å². The molecule has 1 aliphatic heterocycles. The van der Waals surface area contributed by atoms with Crippen LogP contribution in [0.5, 0.6) is 0 Å². The van der Waals surface area contributed by atoms with Gasteiger partial charge in [0.25, 0.3) is 0 Å². The van der Waals surface area contributed by atoms with Gasteiger partial charge in [0.1, 0.15) is 11.3 Å². The maximum Gasteiger partial charge on any atom is 0.134 e. The molecule has 1 unspecified atom stereocenters. The van der Waals surface area contributed by atoms with E-state index >= 15 is 0 Å². The van der Waals surface area contributed by atoms with E-state index in [4.69, 9.17) is 9.15 Å². The summed E-state index contributed by atoms with van der Waals surface area (Å²) < 4.78 is 11.2. The molecule has 2 aromatic rings. The van der Waals surface area contributed by atoms with Crippen LogP contribution >= 0.6 is 0 Å². The maximum absolute atomic E-state index is 5.89. The molecule has 114 valence electrons. The van der Waals surface area contributed by atoms with Crippen molar-refractivity contribution in [3.05, 3.63) is 36.1 Å². The van der Waals surface area contributed by atoms with Gasteiger partial charge in [-0.25, -0.2) is 0 Å². The molecule has 21 heavy (non-hydrogen) atoms. The molecule has 3 rings (SSSR count). The zero-order valence-electron chi connectivity index (χ0n) is 12.7. The third-order valence-electron chi connectivity index (χ3n) is 4.08. The summed E-state index contributed by atoms with van der Waals surface area (Å²) in [6.07, 6.45) is 1.16. The van der Waals surface area contributed by atoms with Crippen molar-refractivity contribution in [1.29, 1.82) is 0 Å². The second-order valence-electron chi connectivity index (χ2n) is 5.67. The number of nitrogens with one attached hydrogen (secondary N) is 1. The minimum atomic E-state index is 0.252. The van der Waals surface area contributed by atoms with E-state index in [2.05, 4.69) is 29.3 Å². The van der Waals surface area contributed by atoms with Crippen molar-refractivity contribution in [1.82, 2.24) is 10.2 Å². The van der Waals surface area contributed by atoms with Crippen molar-refractivity contribution in [2.75, 3.05) is 39.4 Å². The molecular formula is C17H24N2O2. The van der Waals surface area contributed by atoms with Crippen LogP contribution in [0.2, 0.25) is 0 Å². The van der Waals surface area contributed by atoms with Crippen LogP contribution < -0.4 is 5.32 Å². The van der Waals surface area contributed by atoms with Gasteiger partial charge in [-0.3, -0.25) is 4.90 Å². The zero-order valence-corrected chi connectivity index (χ0v) is 12.7. The fourth-order valence-corrected chi connectivity index (χ4v) is 2.76. The minimum absolute atomic E-state index is 0.252. The maximum atomic E-state index is 5.89. The summed E-state index contributed by atoms with van der Waals surface area (Å²) in [5.41, 5.74) is 0.967. The van der Waals surface area contributed by atoms with E-state index in [1.54, 1.807) is 0 Å². The Bertz CT molecular complexity index is 528. The molecule has 1 atom stereocenters. The van der Waals surface area contributed by atoms with Crippen molar-refractivity contribution in [2.45, 2.75) is 19.4 Å². The number of morpholine rings is 1. The Kier molecular flexibility index (Phi) is 4.91. The van der Waals surface area contributed by atoms with Gasteiger partial charge in [0.05, 0.1) is 19.3 Å². The highest BCUT2D eigenvalue weighted by atomic mass is 16.5. The molecule has 1 aromatic carbocycles. The number of hydrogen-bond donors (Lipinski definition) is 1. The molecule has 0 bridgehead atoms. The summed E-state index contributed by atoms with van der Waals surface area (Å²) in [4.78, 5) is 2.47. The Balaban J connectivity index is 1.44. The molecule has 1 aromatic heterocycles. The highest BCUT2D eigenvalue weighted by Gasteiger charge is 2.12. The number of hydrogen-bond acceptors (Lipinski definition) is 4. The quantitative estimate of drug-likeness (QED) is 0.830. The summed E-state index contributed by atoms with van der Waals surface area (Å²) in [6.45, 7) is 8.20. The van der Waals surface area contributed by atoms with Gasteiger partial charge < -0.3 is 14.5 Å². The number of para-hydroxylation sites is 1. The molecule has 0 aliphatic carbocycles. The van der Waals surface area contributed by atoms with Crippen molar-refractivity contribution in [2.24, 2.45) is 0 Å². The smallest absolute Gasteiger partial charge is 0.134 e. The third-order valence-corrected chi connectivity index (χ3v) is 4.08. The molecule has 1 aliphatic rings. The zero-order chi connectivity index (χ0) is 14.5. The normalized spacial score (nSPS) is 18.1. The van der Waals surface area contributed by atoms with Crippen molar-refractivity contribution in [3.8, 4) is 0 Å². The van der Waals surface area contributed by atoms with E-state index in [0.29, 0.717) is 0 Å². The molecule has 1 saturated heterocycles. The number of rotatable bonds is 6. The van der Waals surface area contributed by atoms with Gasteiger partial charge in [0.15, 0.2) is 0 Å². The topological polar surface area (TPSA) is 37.6 Å². The Labute approximate surface area is 126 Å². The van der Waals surface area contributed by atoms with E-state index in [0.717, 1.165) is 57.2 Å². The van der Waals surface area contributed by atoms with Crippen LogP contribution in [0, 0.1) is 0 Å². The summed E-state index contributed by atoms with van der Waals surface area (Å²) in [7, 11) is 0. The predicted octanol–water partition coefficient (Wildman–Crippen LogP) is 2.81. The first-order chi connectivity index (χ1) is 10.3. The average Bonchev–Trinajstić information content (AvgIpc) is 2.96. The largest absolute Gasteiger partial charge is 0.459 e. The van der Waals surface area contributed by atoms with Crippen LogP contribution in [-0.2, 0) is 4.74 Å². The molecule has 1 N–H and O–H groups in total. The van der Waals surface area contributed by atoms with Crippen LogP contribution in [-0.4, -0.2) is 44.3 Å². The Hall–Kier alpha value is -1.36. The van der Waals surface area contributed by atoms with Crippen LogP contribution in [0.25, 0.3) is 11.0 Å². The Morgan fingerprint density at radius 3 is 2.86 bits per heavy atom. The number of furan rings is 1. The fraction of sp³-hybridized carbons (Fsp3) is 0.529. The molecule has 0 spiro atoms. The fourth-order valence-electron chi connectivity index (χ4n) is 2.76. The molecule has 2 heterocycles. The van der Waals surface area contributed by atoms with Crippen LogP contribution in [0.1, 0.15) is 25.1 Å². The Morgan fingerprint density at radius 2 is 2.05 bits per heavy atom. The molecule has 0 radical (unpaired) electrons. The lowest BCUT2D eigenvalue weighted by atomic mass is 10.2. The monoisotopic (exact) mass is 288 g/mol. The third kappa shape index (κ3) is 3.84. The van der Waals surface area contributed by atoms with Crippen LogP contribution in [0.4, 0.5) is 0 Å². The van der Waals surface area contributed by atoms with Gasteiger partial charge in [-0.15, -0.1) is 0 Å². The molecule has 4 heteroatoms. The SMILES string of the molecule is CC(NCCCN1CCOCC1)c1cc2ccccc2o1. The van der Waals surface area contributed by atoms with E-state index in [9.17, 15) is 0 Å². The van der Waals surface area contributed by atoms with Crippen molar-refractivity contribution >= 4 is 11.0 Å². The molecule has 4 nitrogen and oxygen atoms in total. The second-order valence-corrected chi connectivity index (χ2v) is 5.67. The number of nitrogens with zero attached hydrogens (tertiary/aromatic N) is 1. The first-order valence-electron chi connectivity index (χ1n) is 7.85. The van der Waals surface area contributed by atoms with Gasteiger partial charge in [-0.1, -0.05) is 18.2 Å². The van der Waals surface area contributed by atoms with Gasteiger partial charge in [-0.2, -0.15) is 0 Å². The molecule has 0 saturated carbocycles.